The number of para-hydroxylation sites is 1. The van der Waals surface area contributed by atoms with Gasteiger partial charge in [-0.2, -0.15) is 0 Å². The number of aromatic carboxylic acids is 1. The molecule has 3 atom stereocenters. The van der Waals surface area contributed by atoms with E-state index in [0.29, 0.717) is 0 Å². The van der Waals surface area contributed by atoms with Crippen LogP contribution in [0.3, 0.4) is 0 Å². The SMILES string of the molecule is O=C(O)c1ccccc1NCC(O)C(O)C(O)COP(=O)(O)O. The van der Waals surface area contributed by atoms with Crippen molar-refractivity contribution < 1.29 is 44.1 Å². The molecule has 0 spiro atoms. The molecule has 1 aromatic carbocycles. The number of hydrogen-bond donors (Lipinski definition) is 7. The molecule has 0 amide bonds. The van der Waals surface area contributed by atoms with E-state index in [1.165, 1.54) is 18.2 Å². The molecule has 0 aliphatic carbocycles. The molecule has 3 unspecified atom stereocenters. The molecule has 0 saturated carbocycles. The monoisotopic (exact) mass is 351 g/mol. The van der Waals surface area contributed by atoms with Crippen LogP contribution in [0.25, 0.3) is 0 Å². The first-order chi connectivity index (χ1) is 10.6. The summed E-state index contributed by atoms with van der Waals surface area (Å²) in [5, 5.41) is 40.5. The van der Waals surface area contributed by atoms with Crippen LogP contribution < -0.4 is 5.32 Å². The molecule has 0 aliphatic rings. The van der Waals surface area contributed by atoms with Crippen molar-refractivity contribution in [2.75, 3.05) is 18.5 Å². The Morgan fingerprint density at radius 1 is 1.17 bits per heavy atom. The predicted octanol–water partition coefficient (Wildman–Crippen LogP) is -1.01. The number of anilines is 1. The van der Waals surface area contributed by atoms with Crippen molar-refractivity contribution in [1.29, 1.82) is 0 Å². The molecule has 0 aliphatic heterocycles. The fourth-order valence-corrected chi connectivity index (χ4v) is 2.03. The Morgan fingerprint density at radius 2 is 1.78 bits per heavy atom. The lowest BCUT2D eigenvalue weighted by Crippen LogP contribution is -2.43. The summed E-state index contributed by atoms with van der Waals surface area (Å²) in [7, 11) is -4.80. The number of carboxylic acid groups (broad SMARTS) is 1. The summed E-state index contributed by atoms with van der Waals surface area (Å²) < 4.78 is 14.5. The molecule has 0 fully saturated rings. The van der Waals surface area contributed by atoms with Gasteiger partial charge in [0.2, 0.25) is 0 Å². The quantitative estimate of drug-likeness (QED) is 0.273. The van der Waals surface area contributed by atoms with Crippen LogP contribution in [-0.4, -0.2) is 67.6 Å². The van der Waals surface area contributed by atoms with Crippen LogP contribution >= 0.6 is 7.82 Å². The zero-order valence-corrected chi connectivity index (χ0v) is 12.7. The van der Waals surface area contributed by atoms with Gasteiger partial charge in [-0.1, -0.05) is 12.1 Å². The topological polar surface area (TPSA) is 177 Å². The van der Waals surface area contributed by atoms with Gasteiger partial charge in [-0.05, 0) is 12.1 Å². The summed E-state index contributed by atoms with van der Waals surface area (Å²) in [6.45, 7) is -1.19. The molecule has 0 heterocycles. The first-order valence-corrected chi connectivity index (χ1v) is 7.95. The number of benzene rings is 1. The molecule has 11 heteroatoms. The zero-order chi connectivity index (χ0) is 17.6. The molecule has 1 rings (SSSR count). The molecule has 1 aromatic rings. The van der Waals surface area contributed by atoms with E-state index in [1.807, 2.05) is 0 Å². The second-order valence-electron chi connectivity index (χ2n) is 4.64. The van der Waals surface area contributed by atoms with Crippen molar-refractivity contribution in [2.45, 2.75) is 18.3 Å². The molecular formula is C12H18NO9P. The van der Waals surface area contributed by atoms with Crippen molar-refractivity contribution in [1.82, 2.24) is 0 Å². The van der Waals surface area contributed by atoms with E-state index in [-0.39, 0.29) is 17.8 Å². The highest BCUT2D eigenvalue weighted by Gasteiger charge is 2.27. The van der Waals surface area contributed by atoms with Gasteiger partial charge in [0.05, 0.1) is 18.3 Å². The number of hydrogen-bond acceptors (Lipinski definition) is 7. The van der Waals surface area contributed by atoms with Gasteiger partial charge in [0.1, 0.15) is 12.2 Å². The highest BCUT2D eigenvalue weighted by atomic mass is 31.2. The van der Waals surface area contributed by atoms with Crippen LogP contribution in [0.15, 0.2) is 24.3 Å². The molecule has 130 valence electrons. The van der Waals surface area contributed by atoms with Gasteiger partial charge in [0.25, 0.3) is 0 Å². The molecule has 0 bridgehead atoms. The third kappa shape index (κ3) is 6.63. The van der Waals surface area contributed by atoms with E-state index >= 15 is 0 Å². The van der Waals surface area contributed by atoms with Crippen LogP contribution in [-0.2, 0) is 9.09 Å². The minimum absolute atomic E-state index is 0.0421. The molecule has 0 aromatic heterocycles. The van der Waals surface area contributed by atoms with Crippen LogP contribution in [0.2, 0.25) is 0 Å². The Hall–Kier alpha value is -1.52. The Balaban J connectivity index is 2.57. The van der Waals surface area contributed by atoms with Gasteiger partial charge in [0.15, 0.2) is 0 Å². The molecule has 10 nitrogen and oxygen atoms in total. The summed E-state index contributed by atoms with van der Waals surface area (Å²) in [5.74, 6) is -1.18. The normalized spacial score (nSPS) is 15.7. The third-order valence-corrected chi connectivity index (χ3v) is 3.35. The lowest BCUT2D eigenvalue weighted by molar-refractivity contribution is -0.0705. The van der Waals surface area contributed by atoms with Crippen molar-refractivity contribution in [2.24, 2.45) is 0 Å². The van der Waals surface area contributed by atoms with E-state index in [0.717, 1.165) is 0 Å². The van der Waals surface area contributed by atoms with Crippen molar-refractivity contribution in [3.05, 3.63) is 29.8 Å². The highest BCUT2D eigenvalue weighted by molar-refractivity contribution is 7.46. The van der Waals surface area contributed by atoms with Gasteiger partial charge in [-0.15, -0.1) is 0 Å². The van der Waals surface area contributed by atoms with Crippen LogP contribution in [0.5, 0.6) is 0 Å². The minimum atomic E-state index is -4.80. The predicted molar refractivity (Wildman–Crippen MR) is 77.9 cm³/mol. The van der Waals surface area contributed by atoms with Gasteiger partial charge in [0, 0.05) is 12.2 Å². The largest absolute Gasteiger partial charge is 0.478 e. The highest BCUT2D eigenvalue weighted by Crippen LogP contribution is 2.35. The van der Waals surface area contributed by atoms with Crippen molar-refractivity contribution in [3.8, 4) is 0 Å². The minimum Gasteiger partial charge on any atom is -0.478 e. The second kappa shape index (κ2) is 8.37. The van der Waals surface area contributed by atoms with Crippen molar-refractivity contribution >= 4 is 19.5 Å². The Bertz CT molecular complexity index is 575. The zero-order valence-electron chi connectivity index (χ0n) is 11.8. The number of rotatable bonds is 9. The average molecular weight is 351 g/mol. The summed E-state index contributed by atoms with van der Waals surface area (Å²) in [6, 6.07) is 5.88. The van der Waals surface area contributed by atoms with Gasteiger partial charge in [-0.3, -0.25) is 4.52 Å². The second-order valence-corrected chi connectivity index (χ2v) is 5.88. The van der Waals surface area contributed by atoms with E-state index in [2.05, 4.69) is 9.84 Å². The number of aliphatic hydroxyl groups is 3. The van der Waals surface area contributed by atoms with Gasteiger partial charge >= 0.3 is 13.8 Å². The first-order valence-electron chi connectivity index (χ1n) is 6.42. The summed E-state index contributed by atoms with van der Waals surface area (Å²) in [5.41, 5.74) is 0.159. The molecule has 23 heavy (non-hydrogen) atoms. The third-order valence-electron chi connectivity index (χ3n) is 2.86. The number of aliphatic hydroxyl groups excluding tert-OH is 3. The first kappa shape index (κ1) is 19.5. The number of phosphoric acid groups is 1. The van der Waals surface area contributed by atoms with Crippen LogP contribution in [0, 0.1) is 0 Å². The lowest BCUT2D eigenvalue weighted by Gasteiger charge is -2.23. The van der Waals surface area contributed by atoms with E-state index in [1.54, 1.807) is 6.07 Å². The number of phosphoric ester groups is 1. The van der Waals surface area contributed by atoms with E-state index < -0.39 is 38.7 Å². The molecule has 7 N–H and O–H groups in total. The maximum Gasteiger partial charge on any atom is 0.469 e. The summed E-state index contributed by atoms with van der Waals surface area (Å²) in [4.78, 5) is 28.0. The fourth-order valence-electron chi connectivity index (χ4n) is 1.69. The molecular weight excluding hydrogens is 333 g/mol. The Labute approximate surface area is 131 Å². The Morgan fingerprint density at radius 3 is 2.35 bits per heavy atom. The van der Waals surface area contributed by atoms with E-state index in [9.17, 15) is 24.7 Å². The maximum absolute atomic E-state index is 11.0. The standard InChI is InChI=1S/C12H18NO9P/c14-9(11(16)10(15)6-22-23(19,20)21)5-13-8-4-2-1-3-7(8)12(17)18/h1-4,9-11,13-16H,5-6H2,(H,17,18)(H2,19,20,21). The number of carboxylic acids is 1. The Kier molecular flexibility index (Phi) is 7.10. The maximum atomic E-state index is 11.0. The van der Waals surface area contributed by atoms with Crippen LogP contribution in [0.4, 0.5) is 5.69 Å². The lowest BCUT2D eigenvalue weighted by atomic mass is 10.1. The average Bonchev–Trinajstić information content (AvgIpc) is 2.48. The fraction of sp³-hybridized carbons (Fsp3) is 0.417. The van der Waals surface area contributed by atoms with Crippen LogP contribution in [0.1, 0.15) is 10.4 Å². The van der Waals surface area contributed by atoms with Gasteiger partial charge in [-0.25, -0.2) is 9.36 Å². The van der Waals surface area contributed by atoms with Crippen molar-refractivity contribution in [3.63, 3.8) is 0 Å². The summed E-state index contributed by atoms with van der Waals surface area (Å²) in [6.07, 6.45) is -5.03. The van der Waals surface area contributed by atoms with Gasteiger partial charge < -0.3 is 35.5 Å². The molecule has 0 radical (unpaired) electrons. The number of carbonyl (C=O) groups is 1. The number of nitrogens with one attached hydrogen (secondary N) is 1. The summed E-state index contributed by atoms with van der Waals surface area (Å²) >= 11 is 0. The molecule has 0 saturated heterocycles. The smallest absolute Gasteiger partial charge is 0.469 e. The van der Waals surface area contributed by atoms with E-state index in [4.69, 9.17) is 14.9 Å².